The lowest BCUT2D eigenvalue weighted by Gasteiger charge is -2.22. The van der Waals surface area contributed by atoms with Crippen LogP contribution in [0.15, 0.2) is 24.3 Å². The topological polar surface area (TPSA) is 57.3 Å². The normalized spacial score (nSPS) is 17.7. The highest BCUT2D eigenvalue weighted by molar-refractivity contribution is 5.88. The lowest BCUT2D eigenvalue weighted by atomic mass is 9.97. The van der Waals surface area contributed by atoms with Gasteiger partial charge in [0.05, 0.1) is 5.69 Å². The van der Waals surface area contributed by atoms with Crippen LogP contribution in [0.5, 0.6) is 5.75 Å². The second-order valence-electron chi connectivity index (χ2n) is 5.57. The molecule has 1 saturated carbocycles. The van der Waals surface area contributed by atoms with E-state index in [0.29, 0.717) is 6.61 Å². The predicted octanol–water partition coefficient (Wildman–Crippen LogP) is 2.53. The molecule has 0 atom stereocenters. The van der Waals surface area contributed by atoms with Gasteiger partial charge in [0.15, 0.2) is 5.75 Å². The number of likely N-dealkylation sites (N-methyl/N-ethyl adjacent to an activating group) is 1. The van der Waals surface area contributed by atoms with Gasteiger partial charge in [-0.2, -0.15) is 0 Å². The fourth-order valence-corrected chi connectivity index (χ4v) is 3.06. The zero-order chi connectivity index (χ0) is 14.0. The molecule has 0 bridgehead atoms. The Balaban J connectivity index is 2.02. The Morgan fingerprint density at radius 2 is 2.05 bits per heavy atom. The quantitative estimate of drug-likeness (QED) is 0.734. The number of hydrogen-bond acceptors (Lipinski definition) is 3. The van der Waals surface area contributed by atoms with Gasteiger partial charge in [0, 0.05) is 17.4 Å². The van der Waals surface area contributed by atoms with E-state index in [2.05, 4.69) is 10.3 Å². The maximum absolute atomic E-state index is 10.9. The van der Waals surface area contributed by atoms with Crippen molar-refractivity contribution in [3.05, 3.63) is 30.0 Å². The van der Waals surface area contributed by atoms with E-state index in [1.165, 1.54) is 0 Å². The molecule has 0 amide bonds. The Bertz CT molecular complexity index is 585. The van der Waals surface area contributed by atoms with Crippen molar-refractivity contribution in [3.63, 3.8) is 0 Å². The number of para-hydroxylation sites is 1. The van der Waals surface area contributed by atoms with E-state index in [-0.39, 0.29) is 0 Å². The minimum atomic E-state index is -0.756. The molecule has 1 aromatic heterocycles. The first-order valence-electron chi connectivity index (χ1n) is 7.35. The van der Waals surface area contributed by atoms with E-state index in [4.69, 9.17) is 4.74 Å². The zero-order valence-corrected chi connectivity index (χ0v) is 11.9. The van der Waals surface area contributed by atoms with E-state index >= 15 is 0 Å². The van der Waals surface area contributed by atoms with Crippen molar-refractivity contribution in [1.29, 1.82) is 0 Å². The monoisotopic (exact) mass is 274 g/mol. The fraction of sp³-hybridized carbons (Fsp3) is 0.500. The molecule has 4 heteroatoms. The number of aromatic amines is 1. The lowest BCUT2D eigenvalue weighted by Crippen LogP contribution is -2.23. The molecule has 4 nitrogen and oxygen atoms in total. The second-order valence-corrected chi connectivity index (χ2v) is 5.57. The van der Waals surface area contributed by atoms with Crippen LogP contribution < -0.4 is 10.1 Å². The minimum Gasteiger partial charge on any atom is -0.490 e. The van der Waals surface area contributed by atoms with Gasteiger partial charge in [-0.25, -0.2) is 0 Å². The van der Waals surface area contributed by atoms with Crippen molar-refractivity contribution >= 4 is 10.9 Å². The summed E-state index contributed by atoms with van der Waals surface area (Å²) in [6.45, 7) is 1.39. The summed E-state index contributed by atoms with van der Waals surface area (Å²) >= 11 is 0. The number of rotatable bonds is 5. The molecule has 0 unspecified atom stereocenters. The zero-order valence-electron chi connectivity index (χ0n) is 11.9. The number of ether oxygens (including phenoxy) is 1. The van der Waals surface area contributed by atoms with Crippen molar-refractivity contribution in [2.45, 2.75) is 31.3 Å². The van der Waals surface area contributed by atoms with E-state index in [1.807, 2.05) is 31.3 Å². The average molecular weight is 274 g/mol. The Morgan fingerprint density at radius 1 is 1.30 bits per heavy atom. The summed E-state index contributed by atoms with van der Waals surface area (Å²) in [6.07, 6.45) is 3.76. The molecule has 3 rings (SSSR count). The summed E-state index contributed by atoms with van der Waals surface area (Å²) in [5.41, 5.74) is 1.13. The number of aliphatic hydroxyl groups is 1. The molecule has 3 N–H and O–H groups in total. The van der Waals surface area contributed by atoms with Crippen molar-refractivity contribution in [2.75, 3.05) is 20.2 Å². The molecule has 108 valence electrons. The van der Waals surface area contributed by atoms with Gasteiger partial charge in [-0.3, -0.25) is 0 Å². The molecule has 1 aliphatic rings. The molecule has 0 radical (unpaired) electrons. The second kappa shape index (κ2) is 5.46. The van der Waals surface area contributed by atoms with Gasteiger partial charge in [0.1, 0.15) is 12.2 Å². The largest absolute Gasteiger partial charge is 0.490 e. The van der Waals surface area contributed by atoms with Gasteiger partial charge in [0.25, 0.3) is 0 Å². The highest BCUT2D eigenvalue weighted by Crippen LogP contribution is 2.44. The Kier molecular flexibility index (Phi) is 3.68. The fourth-order valence-electron chi connectivity index (χ4n) is 3.06. The van der Waals surface area contributed by atoms with Crippen LogP contribution in [0.2, 0.25) is 0 Å². The maximum Gasteiger partial charge on any atom is 0.150 e. The molecule has 0 aliphatic heterocycles. The molecular weight excluding hydrogens is 252 g/mol. The highest BCUT2D eigenvalue weighted by atomic mass is 16.5. The number of hydrogen-bond donors (Lipinski definition) is 3. The first-order chi connectivity index (χ1) is 9.74. The van der Waals surface area contributed by atoms with E-state index < -0.39 is 5.60 Å². The summed E-state index contributed by atoms with van der Waals surface area (Å²) in [5, 5.41) is 15.0. The molecule has 1 aromatic carbocycles. The molecule has 1 heterocycles. The van der Waals surface area contributed by atoms with Crippen LogP contribution >= 0.6 is 0 Å². The molecular formula is C16H22N2O2. The summed E-state index contributed by atoms with van der Waals surface area (Å²) in [4.78, 5) is 3.38. The molecule has 20 heavy (non-hydrogen) atoms. The maximum atomic E-state index is 10.9. The van der Waals surface area contributed by atoms with Gasteiger partial charge in [-0.15, -0.1) is 0 Å². The summed E-state index contributed by atoms with van der Waals surface area (Å²) in [7, 11) is 1.91. The van der Waals surface area contributed by atoms with Crippen LogP contribution in [0.1, 0.15) is 31.4 Å². The average Bonchev–Trinajstić information content (AvgIpc) is 3.05. The van der Waals surface area contributed by atoms with Crippen LogP contribution in [0.25, 0.3) is 10.9 Å². The number of H-pyrrole nitrogens is 1. The van der Waals surface area contributed by atoms with E-state index in [1.54, 1.807) is 0 Å². The highest BCUT2D eigenvalue weighted by Gasteiger charge is 2.37. The van der Waals surface area contributed by atoms with Gasteiger partial charge in [0.2, 0.25) is 0 Å². The third-order valence-electron chi connectivity index (χ3n) is 4.15. The molecule has 0 spiro atoms. The summed E-state index contributed by atoms with van der Waals surface area (Å²) in [6, 6.07) is 8.08. The van der Waals surface area contributed by atoms with Gasteiger partial charge >= 0.3 is 0 Å². The third-order valence-corrected chi connectivity index (χ3v) is 4.15. The van der Waals surface area contributed by atoms with Crippen molar-refractivity contribution in [2.24, 2.45) is 0 Å². The summed E-state index contributed by atoms with van der Waals surface area (Å²) < 4.78 is 5.95. The summed E-state index contributed by atoms with van der Waals surface area (Å²) in [5.74, 6) is 0.820. The first kappa shape index (κ1) is 13.5. The van der Waals surface area contributed by atoms with E-state index in [0.717, 1.165) is 54.6 Å². The molecule has 1 fully saturated rings. The van der Waals surface area contributed by atoms with Crippen LogP contribution in [-0.2, 0) is 5.60 Å². The van der Waals surface area contributed by atoms with Crippen LogP contribution in [0.4, 0.5) is 0 Å². The number of nitrogens with one attached hydrogen (secondary N) is 2. The van der Waals surface area contributed by atoms with Crippen molar-refractivity contribution in [1.82, 2.24) is 10.3 Å². The lowest BCUT2D eigenvalue weighted by molar-refractivity contribution is 0.0376. The standard InChI is InChI=1S/C16H22N2O2/c1-17-10-11-20-14-12-6-2-3-7-13(12)18-15(14)16(19)8-4-5-9-16/h2-3,6-7,17-19H,4-5,8-11H2,1H3. The van der Waals surface area contributed by atoms with Crippen molar-refractivity contribution in [3.8, 4) is 5.75 Å². The third kappa shape index (κ3) is 2.30. The van der Waals surface area contributed by atoms with E-state index in [9.17, 15) is 5.11 Å². The Labute approximate surface area is 119 Å². The van der Waals surface area contributed by atoms with Crippen molar-refractivity contribution < 1.29 is 9.84 Å². The SMILES string of the molecule is CNCCOc1c(C2(O)CCCC2)[nH]c2ccccc12. The number of aromatic nitrogens is 1. The molecule has 1 aliphatic carbocycles. The van der Waals surface area contributed by atoms with Crippen LogP contribution in [0, 0.1) is 0 Å². The number of benzene rings is 1. The first-order valence-corrected chi connectivity index (χ1v) is 7.35. The van der Waals surface area contributed by atoms with Gasteiger partial charge in [-0.05, 0) is 32.0 Å². The molecule has 0 saturated heterocycles. The predicted molar refractivity (Wildman–Crippen MR) is 80.1 cm³/mol. The minimum absolute atomic E-state index is 0.599. The Hall–Kier alpha value is -1.52. The van der Waals surface area contributed by atoms with Crippen LogP contribution in [0.3, 0.4) is 0 Å². The molecule has 2 aromatic rings. The van der Waals surface area contributed by atoms with Gasteiger partial charge in [-0.1, -0.05) is 25.0 Å². The Morgan fingerprint density at radius 3 is 2.80 bits per heavy atom. The van der Waals surface area contributed by atoms with Crippen LogP contribution in [-0.4, -0.2) is 30.3 Å². The number of fused-ring (bicyclic) bond motifs is 1. The van der Waals surface area contributed by atoms with Gasteiger partial charge < -0.3 is 20.1 Å². The smallest absolute Gasteiger partial charge is 0.150 e.